The Kier molecular flexibility index (Phi) is 6.83. The topological polar surface area (TPSA) is 48.7 Å². The van der Waals surface area contributed by atoms with Gasteiger partial charge >= 0.3 is 19.5 Å². The molecule has 0 spiro atoms. The van der Waals surface area contributed by atoms with E-state index in [9.17, 15) is 5.11 Å². The molecule has 1 rings (SSSR count). The Hall–Kier alpha value is -0.397. The minimum Gasteiger partial charge on any atom is -2.00 e. The Labute approximate surface area is 124 Å². The first-order chi connectivity index (χ1) is 7.03. The Morgan fingerprint density at radius 2 is 1.11 bits per heavy atom. The molecule has 0 amide bonds. The molecule has 18 heavy (non-hydrogen) atoms. The van der Waals surface area contributed by atoms with Gasteiger partial charge in [-0.2, -0.15) is 0 Å². The molecular weight excluding hydrogens is 278 g/mol. The fourth-order valence-electron chi connectivity index (χ4n) is 1.92. The zero-order valence-electron chi connectivity index (χ0n) is 12.7. The third kappa shape index (κ3) is 4.37. The molecular formula is C15H24O2Zn. The van der Waals surface area contributed by atoms with E-state index in [0.717, 1.165) is 11.1 Å². The summed E-state index contributed by atoms with van der Waals surface area (Å²) in [5, 5.41) is 10.4. The maximum absolute atomic E-state index is 10.4. The Bertz CT molecular complexity index is 363. The number of aromatic hydroxyl groups is 1. The van der Waals surface area contributed by atoms with Crippen molar-refractivity contribution in [2.45, 2.75) is 59.3 Å². The monoisotopic (exact) mass is 300 g/mol. The van der Waals surface area contributed by atoms with Crippen LogP contribution in [0.3, 0.4) is 0 Å². The first kappa shape index (κ1) is 19.9. The molecule has 0 saturated heterocycles. The molecule has 98 valence electrons. The van der Waals surface area contributed by atoms with Crippen LogP contribution in [-0.2, 0) is 35.8 Å². The second-order valence-electron chi connectivity index (χ2n) is 6.71. The number of benzene rings is 1. The van der Waals surface area contributed by atoms with Gasteiger partial charge in [-0.05, 0) is 28.9 Å². The van der Waals surface area contributed by atoms with E-state index >= 15 is 0 Å². The van der Waals surface area contributed by atoms with Crippen LogP contribution in [0, 0.1) is 6.92 Å². The zero-order chi connectivity index (χ0) is 12.7. The molecule has 0 aliphatic carbocycles. The number of hydrogen-bond donors (Lipinski definition) is 1. The maximum atomic E-state index is 10.4. The molecule has 0 aliphatic rings. The van der Waals surface area contributed by atoms with Gasteiger partial charge in [0.05, 0.1) is 0 Å². The number of phenolic OH excluding ortho intramolecular Hbond substituents is 1. The van der Waals surface area contributed by atoms with Crippen molar-refractivity contribution in [2.24, 2.45) is 0 Å². The Balaban J connectivity index is 0. The van der Waals surface area contributed by atoms with Crippen molar-refractivity contribution in [3.63, 3.8) is 0 Å². The van der Waals surface area contributed by atoms with E-state index in [1.165, 1.54) is 5.56 Å². The average Bonchev–Trinajstić information content (AvgIpc) is 2.04. The molecule has 0 fully saturated rings. The molecule has 0 aliphatic heterocycles. The van der Waals surface area contributed by atoms with Gasteiger partial charge in [-0.1, -0.05) is 59.2 Å². The Morgan fingerprint density at radius 3 is 1.33 bits per heavy atom. The summed E-state index contributed by atoms with van der Waals surface area (Å²) in [6.07, 6.45) is 0. The standard InChI is InChI=1S/C15H24O.O.Zn/c1-10-8-11(14(2,3)4)13(16)12(9-10)15(5,6)7;;/h8-9,16H,1-7H3;;/q;-2;+2. The molecule has 0 saturated carbocycles. The molecule has 1 N–H and O–H groups in total. The van der Waals surface area contributed by atoms with E-state index in [-0.39, 0.29) is 35.8 Å². The van der Waals surface area contributed by atoms with Gasteiger partial charge in [-0.15, -0.1) is 0 Å². The summed E-state index contributed by atoms with van der Waals surface area (Å²) in [5.41, 5.74) is 3.26. The van der Waals surface area contributed by atoms with Crippen LogP contribution in [0.1, 0.15) is 58.2 Å². The van der Waals surface area contributed by atoms with Crippen LogP contribution in [0.2, 0.25) is 0 Å². The molecule has 0 aromatic heterocycles. The molecule has 0 radical (unpaired) electrons. The second-order valence-corrected chi connectivity index (χ2v) is 6.71. The van der Waals surface area contributed by atoms with E-state index in [2.05, 4.69) is 60.6 Å². The average molecular weight is 302 g/mol. The first-order valence-electron chi connectivity index (χ1n) is 5.88. The van der Waals surface area contributed by atoms with Crippen LogP contribution >= 0.6 is 0 Å². The third-order valence-electron chi connectivity index (χ3n) is 2.87. The van der Waals surface area contributed by atoms with Gasteiger partial charge in [0, 0.05) is 0 Å². The zero-order valence-corrected chi connectivity index (χ0v) is 15.7. The van der Waals surface area contributed by atoms with E-state index < -0.39 is 0 Å². The number of rotatable bonds is 0. The van der Waals surface area contributed by atoms with Crippen LogP contribution in [0.25, 0.3) is 0 Å². The molecule has 0 heterocycles. The SMILES string of the molecule is Cc1cc(C(C)(C)C)c(O)c(C(C)(C)C)c1.[O-2].[Zn+2]. The molecule has 0 bridgehead atoms. The predicted molar refractivity (Wildman–Crippen MR) is 70.9 cm³/mol. The van der Waals surface area contributed by atoms with Gasteiger partial charge in [0.1, 0.15) is 5.75 Å². The molecule has 1 aromatic rings. The summed E-state index contributed by atoms with van der Waals surface area (Å²) < 4.78 is 0. The van der Waals surface area contributed by atoms with Crippen molar-refractivity contribution < 1.29 is 30.1 Å². The largest absolute Gasteiger partial charge is 2.00 e. The van der Waals surface area contributed by atoms with Crippen LogP contribution in [0.5, 0.6) is 5.75 Å². The van der Waals surface area contributed by atoms with Crippen molar-refractivity contribution in [1.82, 2.24) is 0 Å². The van der Waals surface area contributed by atoms with Crippen molar-refractivity contribution in [1.29, 1.82) is 0 Å². The number of phenols is 1. The Morgan fingerprint density at radius 1 is 0.833 bits per heavy atom. The van der Waals surface area contributed by atoms with Crippen molar-refractivity contribution in [3.05, 3.63) is 28.8 Å². The van der Waals surface area contributed by atoms with E-state index in [4.69, 9.17) is 0 Å². The second kappa shape index (κ2) is 6.17. The normalized spacial score (nSPS) is 11.5. The molecule has 2 nitrogen and oxygen atoms in total. The summed E-state index contributed by atoms with van der Waals surface area (Å²) in [6, 6.07) is 4.18. The quantitative estimate of drug-likeness (QED) is 0.718. The van der Waals surface area contributed by atoms with Crippen molar-refractivity contribution in [2.75, 3.05) is 0 Å². The minimum atomic E-state index is -0.0178. The predicted octanol–water partition coefficient (Wildman–Crippen LogP) is 4.17. The van der Waals surface area contributed by atoms with E-state index in [0.29, 0.717) is 5.75 Å². The fraction of sp³-hybridized carbons (Fsp3) is 0.600. The van der Waals surface area contributed by atoms with Crippen molar-refractivity contribution >= 4 is 0 Å². The van der Waals surface area contributed by atoms with Crippen LogP contribution in [0.4, 0.5) is 0 Å². The molecule has 3 heteroatoms. The summed E-state index contributed by atoms with van der Waals surface area (Å²) in [4.78, 5) is 0. The van der Waals surface area contributed by atoms with Gasteiger partial charge in [0.15, 0.2) is 0 Å². The number of hydrogen-bond acceptors (Lipinski definition) is 1. The van der Waals surface area contributed by atoms with E-state index in [1.54, 1.807) is 0 Å². The van der Waals surface area contributed by atoms with Crippen LogP contribution in [0.15, 0.2) is 12.1 Å². The molecule has 0 unspecified atom stereocenters. The van der Waals surface area contributed by atoms with Crippen LogP contribution in [-0.4, -0.2) is 5.11 Å². The van der Waals surface area contributed by atoms with Gasteiger partial charge in [-0.3, -0.25) is 0 Å². The van der Waals surface area contributed by atoms with Crippen molar-refractivity contribution in [3.8, 4) is 5.75 Å². The van der Waals surface area contributed by atoms with Gasteiger partial charge in [0.2, 0.25) is 0 Å². The number of aryl methyl sites for hydroxylation is 1. The summed E-state index contributed by atoms with van der Waals surface area (Å²) >= 11 is 0. The fourth-order valence-corrected chi connectivity index (χ4v) is 1.92. The molecule has 1 aromatic carbocycles. The maximum Gasteiger partial charge on any atom is 2.00 e. The van der Waals surface area contributed by atoms with Gasteiger partial charge in [-0.25, -0.2) is 0 Å². The third-order valence-corrected chi connectivity index (χ3v) is 2.87. The van der Waals surface area contributed by atoms with E-state index in [1.807, 2.05) is 0 Å². The molecule has 0 atom stereocenters. The first-order valence-corrected chi connectivity index (χ1v) is 5.88. The van der Waals surface area contributed by atoms with Gasteiger partial charge < -0.3 is 10.6 Å². The summed E-state index contributed by atoms with van der Waals surface area (Å²) in [7, 11) is 0. The van der Waals surface area contributed by atoms with Gasteiger partial charge in [0.25, 0.3) is 0 Å². The van der Waals surface area contributed by atoms with Crippen LogP contribution < -0.4 is 0 Å². The summed E-state index contributed by atoms with van der Waals surface area (Å²) in [5.74, 6) is 0.464. The minimum absolute atomic E-state index is 0. The summed E-state index contributed by atoms with van der Waals surface area (Å²) in [6.45, 7) is 14.9. The smallest absolute Gasteiger partial charge is 2.00 e.